The van der Waals surface area contributed by atoms with Gasteiger partial charge in [0.05, 0.1) is 0 Å². The zero-order valence-electron chi connectivity index (χ0n) is 7.68. The van der Waals surface area contributed by atoms with Crippen molar-refractivity contribution in [2.24, 2.45) is 0 Å². The van der Waals surface area contributed by atoms with E-state index < -0.39 is 0 Å². The van der Waals surface area contributed by atoms with Crippen LogP contribution in [0.1, 0.15) is 12.5 Å². The molecule has 2 nitrogen and oxygen atoms in total. The van der Waals surface area contributed by atoms with Gasteiger partial charge in [0.25, 0.3) is 0 Å². The number of halogens is 1. The smallest absolute Gasteiger partial charge is 0.127 e. The van der Waals surface area contributed by atoms with Gasteiger partial charge in [0.2, 0.25) is 0 Å². The maximum absolute atomic E-state index is 12.8. The molecule has 72 valence electrons. The zero-order valence-corrected chi connectivity index (χ0v) is 7.68. The lowest BCUT2D eigenvalue weighted by Crippen LogP contribution is -2.16. The highest BCUT2D eigenvalue weighted by molar-refractivity contribution is 5.28. The van der Waals surface area contributed by atoms with Gasteiger partial charge >= 0.3 is 0 Å². The van der Waals surface area contributed by atoms with Crippen molar-refractivity contribution in [2.45, 2.75) is 13.3 Å². The molecular formula is C10H14FNO. The predicted octanol–water partition coefficient (Wildman–Crippen LogP) is 1.68. The summed E-state index contributed by atoms with van der Waals surface area (Å²) in [6, 6.07) is 4.13. The average Bonchev–Trinajstić information content (AvgIpc) is 2.03. The minimum absolute atomic E-state index is 0.00787. The topological polar surface area (TPSA) is 32.3 Å². The van der Waals surface area contributed by atoms with E-state index in [-0.39, 0.29) is 11.6 Å². The van der Waals surface area contributed by atoms with E-state index >= 15 is 0 Å². The third-order valence-corrected chi connectivity index (χ3v) is 1.78. The molecule has 0 atom stereocenters. The number of rotatable bonds is 4. The van der Waals surface area contributed by atoms with Gasteiger partial charge in [-0.2, -0.15) is 0 Å². The molecule has 0 saturated carbocycles. The fourth-order valence-electron chi connectivity index (χ4n) is 1.19. The van der Waals surface area contributed by atoms with E-state index in [4.69, 9.17) is 5.11 Å². The van der Waals surface area contributed by atoms with Crippen LogP contribution in [0.15, 0.2) is 18.2 Å². The second-order valence-electron chi connectivity index (χ2n) is 2.92. The number of likely N-dealkylation sites (N-methyl/N-ethyl adjacent to an activating group) is 1. The molecule has 0 radical (unpaired) electrons. The minimum atomic E-state index is -0.383. The molecule has 1 rings (SSSR count). The Morgan fingerprint density at radius 1 is 1.38 bits per heavy atom. The highest BCUT2D eigenvalue weighted by Crippen LogP contribution is 2.14. The van der Waals surface area contributed by atoms with Crippen molar-refractivity contribution in [3.8, 4) is 5.75 Å². The third-order valence-electron chi connectivity index (χ3n) is 1.78. The highest BCUT2D eigenvalue weighted by atomic mass is 19.1. The standard InChI is InChI=1S/C10H14FNO/c1-2-12-4-3-8-5-9(11)7-10(13)6-8/h5-7,12-13H,2-4H2,1H3. The number of nitrogens with one attached hydrogen (secondary N) is 1. The molecule has 0 fully saturated rings. The average molecular weight is 183 g/mol. The lowest BCUT2D eigenvalue weighted by Gasteiger charge is -2.03. The van der Waals surface area contributed by atoms with Gasteiger partial charge in [-0.25, -0.2) is 4.39 Å². The number of phenols is 1. The summed E-state index contributed by atoms with van der Waals surface area (Å²) in [6.07, 6.45) is 0.735. The monoisotopic (exact) mass is 183 g/mol. The molecular weight excluding hydrogens is 169 g/mol. The first-order chi connectivity index (χ1) is 6.22. The van der Waals surface area contributed by atoms with E-state index in [1.807, 2.05) is 6.92 Å². The Morgan fingerprint density at radius 2 is 2.15 bits per heavy atom. The van der Waals surface area contributed by atoms with Gasteiger partial charge in [-0.05, 0) is 37.2 Å². The molecule has 13 heavy (non-hydrogen) atoms. The summed E-state index contributed by atoms with van der Waals surface area (Å²) in [5, 5.41) is 12.2. The van der Waals surface area contributed by atoms with E-state index in [0.29, 0.717) is 0 Å². The van der Waals surface area contributed by atoms with Crippen LogP contribution in [-0.4, -0.2) is 18.2 Å². The van der Waals surface area contributed by atoms with E-state index in [2.05, 4.69) is 5.32 Å². The van der Waals surface area contributed by atoms with Crippen LogP contribution in [0.4, 0.5) is 4.39 Å². The molecule has 0 heterocycles. The van der Waals surface area contributed by atoms with Crippen LogP contribution >= 0.6 is 0 Å². The molecule has 0 aliphatic carbocycles. The van der Waals surface area contributed by atoms with Crippen LogP contribution in [0.2, 0.25) is 0 Å². The second kappa shape index (κ2) is 4.82. The molecule has 2 N–H and O–H groups in total. The highest BCUT2D eigenvalue weighted by Gasteiger charge is 1.98. The molecule has 1 aromatic rings. The van der Waals surface area contributed by atoms with Gasteiger partial charge < -0.3 is 10.4 Å². The van der Waals surface area contributed by atoms with Crippen molar-refractivity contribution in [3.63, 3.8) is 0 Å². The molecule has 0 spiro atoms. The van der Waals surface area contributed by atoms with Crippen LogP contribution < -0.4 is 5.32 Å². The normalized spacial score (nSPS) is 10.3. The minimum Gasteiger partial charge on any atom is -0.508 e. The largest absolute Gasteiger partial charge is 0.508 e. The quantitative estimate of drug-likeness (QED) is 0.696. The number of phenolic OH excluding ortho intramolecular Hbond substituents is 1. The molecule has 0 aliphatic rings. The lowest BCUT2D eigenvalue weighted by molar-refractivity contribution is 0.468. The number of hydrogen-bond donors (Lipinski definition) is 2. The molecule has 0 aliphatic heterocycles. The van der Waals surface area contributed by atoms with Crippen molar-refractivity contribution in [2.75, 3.05) is 13.1 Å². The van der Waals surface area contributed by atoms with Crippen molar-refractivity contribution in [1.82, 2.24) is 5.32 Å². The molecule has 0 unspecified atom stereocenters. The second-order valence-corrected chi connectivity index (χ2v) is 2.92. The maximum Gasteiger partial charge on any atom is 0.127 e. The Kier molecular flexibility index (Phi) is 3.71. The Morgan fingerprint density at radius 3 is 2.77 bits per heavy atom. The molecule has 0 aromatic heterocycles. The number of hydrogen-bond acceptors (Lipinski definition) is 2. The van der Waals surface area contributed by atoms with Crippen LogP contribution in [0.5, 0.6) is 5.75 Å². The maximum atomic E-state index is 12.8. The fourth-order valence-corrected chi connectivity index (χ4v) is 1.19. The summed E-state index contributed by atoms with van der Waals surface area (Å²) >= 11 is 0. The summed E-state index contributed by atoms with van der Waals surface area (Å²) in [5.41, 5.74) is 0.818. The molecule has 3 heteroatoms. The Hall–Kier alpha value is -1.09. The SMILES string of the molecule is CCNCCc1cc(O)cc(F)c1. The van der Waals surface area contributed by atoms with Crippen LogP contribution in [0.3, 0.4) is 0 Å². The van der Waals surface area contributed by atoms with Crippen LogP contribution in [0.25, 0.3) is 0 Å². The number of aromatic hydroxyl groups is 1. The zero-order chi connectivity index (χ0) is 9.68. The Bertz CT molecular complexity index is 255. The first-order valence-corrected chi connectivity index (χ1v) is 4.41. The summed E-state index contributed by atoms with van der Waals surface area (Å²) in [6.45, 7) is 3.73. The summed E-state index contributed by atoms with van der Waals surface area (Å²) in [4.78, 5) is 0. The van der Waals surface area contributed by atoms with E-state index in [9.17, 15) is 4.39 Å². The summed E-state index contributed by atoms with van der Waals surface area (Å²) in [5.74, 6) is -0.391. The third kappa shape index (κ3) is 3.42. The molecule has 0 saturated heterocycles. The number of benzene rings is 1. The summed E-state index contributed by atoms with van der Waals surface area (Å²) in [7, 11) is 0. The molecule has 0 amide bonds. The van der Waals surface area contributed by atoms with Gasteiger partial charge in [0.15, 0.2) is 0 Å². The van der Waals surface area contributed by atoms with Gasteiger partial charge in [-0.15, -0.1) is 0 Å². The Labute approximate surface area is 77.4 Å². The fraction of sp³-hybridized carbons (Fsp3) is 0.400. The van der Waals surface area contributed by atoms with Crippen molar-refractivity contribution < 1.29 is 9.50 Å². The first kappa shape index (κ1) is 9.99. The van der Waals surface area contributed by atoms with E-state index in [0.717, 1.165) is 31.1 Å². The van der Waals surface area contributed by atoms with Crippen LogP contribution in [-0.2, 0) is 6.42 Å². The van der Waals surface area contributed by atoms with Crippen molar-refractivity contribution >= 4 is 0 Å². The summed E-state index contributed by atoms with van der Waals surface area (Å²) < 4.78 is 12.8. The van der Waals surface area contributed by atoms with Gasteiger partial charge in [-0.3, -0.25) is 0 Å². The van der Waals surface area contributed by atoms with Crippen LogP contribution in [0, 0.1) is 5.82 Å². The molecule has 0 bridgehead atoms. The van der Waals surface area contributed by atoms with E-state index in [1.165, 1.54) is 6.07 Å². The predicted molar refractivity (Wildman–Crippen MR) is 50.3 cm³/mol. The molecule has 1 aromatic carbocycles. The van der Waals surface area contributed by atoms with Gasteiger partial charge in [-0.1, -0.05) is 6.92 Å². The van der Waals surface area contributed by atoms with Crippen molar-refractivity contribution in [3.05, 3.63) is 29.6 Å². The lowest BCUT2D eigenvalue weighted by atomic mass is 10.1. The van der Waals surface area contributed by atoms with Gasteiger partial charge in [0, 0.05) is 6.07 Å². The van der Waals surface area contributed by atoms with Crippen molar-refractivity contribution in [1.29, 1.82) is 0 Å². The first-order valence-electron chi connectivity index (χ1n) is 4.41. The Balaban J connectivity index is 2.56. The van der Waals surface area contributed by atoms with Gasteiger partial charge in [0.1, 0.15) is 11.6 Å². The van der Waals surface area contributed by atoms with E-state index in [1.54, 1.807) is 6.07 Å².